The largest absolute Gasteiger partial charge is 0.289 e. The molecule has 0 N–H and O–H groups in total. The van der Waals surface area contributed by atoms with E-state index in [4.69, 9.17) is 23.2 Å². The molecule has 28 heavy (non-hydrogen) atoms. The molecule has 4 aromatic carbocycles. The highest BCUT2D eigenvalue weighted by molar-refractivity contribution is 6.36. The van der Waals surface area contributed by atoms with Gasteiger partial charge in [-0.3, -0.25) is 9.59 Å². The fourth-order valence-corrected chi connectivity index (χ4v) is 4.83. The van der Waals surface area contributed by atoms with Crippen LogP contribution >= 0.6 is 23.2 Å². The highest BCUT2D eigenvalue weighted by Crippen LogP contribution is 2.47. The SMILES string of the molecule is O=C1c2ccc(Cl)cc2-c2ccc3c4c(ccc1c24)-c1cc(Cl)ccc1C3=O. The summed E-state index contributed by atoms with van der Waals surface area (Å²) in [5.41, 5.74) is 5.94. The van der Waals surface area contributed by atoms with Crippen molar-refractivity contribution in [3.63, 3.8) is 0 Å². The summed E-state index contributed by atoms with van der Waals surface area (Å²) in [6.07, 6.45) is 0. The summed E-state index contributed by atoms with van der Waals surface area (Å²) in [5.74, 6) is -0.0978. The van der Waals surface area contributed by atoms with Crippen molar-refractivity contribution >= 4 is 45.5 Å². The van der Waals surface area contributed by atoms with E-state index in [-0.39, 0.29) is 11.6 Å². The van der Waals surface area contributed by atoms with Gasteiger partial charge in [-0.15, -0.1) is 0 Å². The van der Waals surface area contributed by atoms with Gasteiger partial charge in [-0.2, -0.15) is 0 Å². The zero-order valence-corrected chi connectivity index (χ0v) is 15.9. The number of rotatable bonds is 0. The molecule has 0 aromatic heterocycles. The molecule has 0 heterocycles. The average Bonchev–Trinajstić information content (AvgIpc) is 2.70. The van der Waals surface area contributed by atoms with Crippen LogP contribution < -0.4 is 0 Å². The first-order valence-electron chi connectivity index (χ1n) is 8.83. The van der Waals surface area contributed by atoms with E-state index in [0.29, 0.717) is 32.3 Å². The molecule has 0 aliphatic heterocycles. The molecule has 4 heteroatoms. The Bertz CT molecular complexity index is 1310. The van der Waals surface area contributed by atoms with Crippen LogP contribution in [-0.4, -0.2) is 11.6 Å². The lowest BCUT2D eigenvalue weighted by molar-refractivity contribution is 0.103. The van der Waals surface area contributed by atoms with Crippen molar-refractivity contribution in [1.29, 1.82) is 0 Å². The first kappa shape index (κ1) is 16.1. The molecule has 132 valence electrons. The monoisotopic (exact) mass is 400 g/mol. The lowest BCUT2D eigenvalue weighted by Crippen LogP contribution is -2.15. The van der Waals surface area contributed by atoms with Gasteiger partial charge in [0, 0.05) is 43.1 Å². The van der Waals surface area contributed by atoms with Crippen LogP contribution in [0.4, 0.5) is 0 Å². The summed E-state index contributed by atoms with van der Waals surface area (Å²) in [6.45, 7) is 0. The van der Waals surface area contributed by atoms with Crippen molar-refractivity contribution in [2.24, 2.45) is 0 Å². The maximum Gasteiger partial charge on any atom is 0.194 e. The van der Waals surface area contributed by atoms with Gasteiger partial charge < -0.3 is 0 Å². The molecule has 2 aliphatic rings. The summed E-state index contributed by atoms with van der Waals surface area (Å²) in [7, 11) is 0. The normalized spacial score (nSPS) is 13.5. The number of carbonyl (C=O) groups is 2. The molecule has 0 bridgehead atoms. The maximum absolute atomic E-state index is 13.2. The number of benzene rings is 4. The Hall–Kier alpha value is -2.94. The predicted octanol–water partition coefficient (Wildman–Crippen LogP) is 6.57. The van der Waals surface area contributed by atoms with Gasteiger partial charge in [-0.1, -0.05) is 35.3 Å². The Balaban J connectivity index is 1.83. The summed E-state index contributed by atoms with van der Waals surface area (Å²) < 4.78 is 0. The summed E-state index contributed by atoms with van der Waals surface area (Å²) in [6, 6.07) is 18.2. The molecule has 0 saturated carbocycles. The number of fused-ring (bicyclic) bond motifs is 4. The van der Waals surface area contributed by atoms with Crippen molar-refractivity contribution in [2.75, 3.05) is 0 Å². The van der Waals surface area contributed by atoms with E-state index in [0.717, 1.165) is 33.0 Å². The zero-order chi connectivity index (χ0) is 19.2. The summed E-state index contributed by atoms with van der Waals surface area (Å²) in [5, 5.41) is 2.77. The van der Waals surface area contributed by atoms with Crippen LogP contribution in [0.5, 0.6) is 0 Å². The van der Waals surface area contributed by atoms with Crippen molar-refractivity contribution in [2.45, 2.75) is 0 Å². The molecule has 0 radical (unpaired) electrons. The quantitative estimate of drug-likeness (QED) is 0.289. The van der Waals surface area contributed by atoms with Crippen molar-refractivity contribution in [3.05, 3.63) is 93.0 Å². The highest BCUT2D eigenvalue weighted by Gasteiger charge is 2.32. The number of halogens is 2. The van der Waals surface area contributed by atoms with Crippen LogP contribution in [-0.2, 0) is 0 Å². The minimum Gasteiger partial charge on any atom is -0.289 e. The second kappa shape index (κ2) is 5.32. The standard InChI is InChI=1S/C24H10Cl2O2/c25-11-1-3-15-19(9-11)13-5-8-18-22-14(6-7-17(21(13)22)23(15)27)20-10-12(26)2-4-16(20)24(18)28/h1-10H. The summed E-state index contributed by atoms with van der Waals surface area (Å²) in [4.78, 5) is 26.3. The van der Waals surface area contributed by atoms with Gasteiger partial charge in [-0.05, 0) is 70.8 Å². The molecule has 2 nitrogen and oxygen atoms in total. The van der Waals surface area contributed by atoms with Crippen LogP contribution in [0.3, 0.4) is 0 Å². The molecular weight excluding hydrogens is 391 g/mol. The van der Waals surface area contributed by atoms with Gasteiger partial charge in [0.1, 0.15) is 0 Å². The van der Waals surface area contributed by atoms with E-state index in [1.807, 2.05) is 36.4 Å². The second-order valence-corrected chi connectivity index (χ2v) is 7.98. The van der Waals surface area contributed by atoms with Gasteiger partial charge in [-0.25, -0.2) is 0 Å². The molecule has 0 saturated heterocycles. The molecule has 0 amide bonds. The molecule has 6 rings (SSSR count). The Morgan fingerprint density at radius 3 is 1.21 bits per heavy atom. The lowest BCUT2D eigenvalue weighted by Gasteiger charge is -2.26. The molecule has 0 unspecified atom stereocenters. The molecule has 0 fully saturated rings. The van der Waals surface area contributed by atoms with Crippen molar-refractivity contribution < 1.29 is 9.59 Å². The third-order valence-corrected chi connectivity index (χ3v) is 6.15. The third-order valence-electron chi connectivity index (χ3n) is 5.68. The van der Waals surface area contributed by atoms with Crippen LogP contribution in [0, 0.1) is 0 Å². The van der Waals surface area contributed by atoms with Crippen molar-refractivity contribution in [1.82, 2.24) is 0 Å². The first-order valence-corrected chi connectivity index (χ1v) is 9.59. The van der Waals surface area contributed by atoms with Crippen molar-refractivity contribution in [3.8, 4) is 22.3 Å². The van der Waals surface area contributed by atoms with E-state index in [1.54, 1.807) is 24.3 Å². The van der Waals surface area contributed by atoms with Gasteiger partial charge in [0.05, 0.1) is 0 Å². The van der Waals surface area contributed by atoms with Gasteiger partial charge >= 0.3 is 0 Å². The topological polar surface area (TPSA) is 34.1 Å². The van der Waals surface area contributed by atoms with E-state index < -0.39 is 0 Å². The smallest absolute Gasteiger partial charge is 0.194 e. The number of carbonyl (C=O) groups excluding carboxylic acids is 2. The zero-order valence-electron chi connectivity index (χ0n) is 14.3. The van der Waals surface area contributed by atoms with Crippen LogP contribution in [0.1, 0.15) is 31.8 Å². The van der Waals surface area contributed by atoms with Crippen LogP contribution in [0.25, 0.3) is 33.0 Å². The predicted molar refractivity (Wildman–Crippen MR) is 112 cm³/mol. The minimum absolute atomic E-state index is 0.0489. The number of hydrogen-bond acceptors (Lipinski definition) is 2. The molecular formula is C24H10Cl2O2. The highest BCUT2D eigenvalue weighted by atomic mass is 35.5. The average molecular weight is 401 g/mol. The first-order chi connectivity index (χ1) is 13.5. The van der Waals surface area contributed by atoms with Gasteiger partial charge in [0.2, 0.25) is 0 Å². The fraction of sp³-hybridized carbons (Fsp3) is 0. The van der Waals surface area contributed by atoms with Gasteiger partial charge in [0.25, 0.3) is 0 Å². The number of ketones is 2. The molecule has 0 spiro atoms. The summed E-state index contributed by atoms with van der Waals surface area (Å²) >= 11 is 12.4. The van der Waals surface area contributed by atoms with E-state index in [1.165, 1.54) is 0 Å². The lowest BCUT2D eigenvalue weighted by atomic mass is 9.76. The Labute approximate surface area is 170 Å². The van der Waals surface area contributed by atoms with Gasteiger partial charge in [0.15, 0.2) is 11.6 Å². The Kier molecular flexibility index (Phi) is 3.05. The van der Waals surface area contributed by atoms with Crippen LogP contribution in [0.15, 0.2) is 60.7 Å². The van der Waals surface area contributed by atoms with E-state index in [2.05, 4.69) is 0 Å². The number of hydrogen-bond donors (Lipinski definition) is 0. The Morgan fingerprint density at radius 1 is 0.429 bits per heavy atom. The minimum atomic E-state index is -0.0489. The van der Waals surface area contributed by atoms with E-state index >= 15 is 0 Å². The second-order valence-electron chi connectivity index (χ2n) is 7.11. The third kappa shape index (κ3) is 1.89. The van der Waals surface area contributed by atoms with E-state index in [9.17, 15) is 9.59 Å². The fourth-order valence-electron chi connectivity index (χ4n) is 4.49. The molecule has 2 aliphatic carbocycles. The maximum atomic E-state index is 13.2. The Morgan fingerprint density at radius 2 is 0.786 bits per heavy atom. The van der Waals surface area contributed by atoms with Crippen LogP contribution in [0.2, 0.25) is 10.0 Å². The molecule has 4 aromatic rings. The molecule has 0 atom stereocenters.